The highest BCUT2D eigenvalue weighted by Gasteiger charge is 2.27. The van der Waals surface area contributed by atoms with Gasteiger partial charge in [-0.1, -0.05) is 52.4 Å². The fourth-order valence-electron chi connectivity index (χ4n) is 3.24. The van der Waals surface area contributed by atoms with Crippen molar-refractivity contribution in [2.75, 3.05) is 7.05 Å². The zero-order valence-electron chi connectivity index (χ0n) is 12.0. The fourth-order valence-corrected chi connectivity index (χ4v) is 3.24. The second kappa shape index (κ2) is 8.10. The van der Waals surface area contributed by atoms with Gasteiger partial charge in [0.2, 0.25) is 0 Å². The monoisotopic (exact) mass is 241 g/mol. The van der Waals surface area contributed by atoms with Crippen LogP contribution in [0.15, 0.2) is 0 Å². The van der Waals surface area contributed by atoms with Crippen molar-refractivity contribution in [2.45, 2.75) is 83.9 Å². The lowest BCUT2D eigenvalue weighted by Crippen LogP contribution is -2.44. The molecule has 0 spiro atoms. The molecule has 17 heavy (non-hydrogen) atoms. The molecule has 0 amide bonds. The van der Waals surface area contributed by atoms with E-state index in [2.05, 4.69) is 25.8 Å². The summed E-state index contributed by atoms with van der Waals surface area (Å²) in [5, 5.41) is 10.2. The van der Waals surface area contributed by atoms with E-state index in [1.165, 1.54) is 44.9 Å². The largest absolute Gasteiger partial charge is 0.378 e. The van der Waals surface area contributed by atoms with Gasteiger partial charge in [0, 0.05) is 6.04 Å². The van der Waals surface area contributed by atoms with Gasteiger partial charge < -0.3 is 5.11 Å². The van der Waals surface area contributed by atoms with E-state index in [0.29, 0.717) is 6.04 Å². The quantitative estimate of drug-likeness (QED) is 0.740. The van der Waals surface area contributed by atoms with E-state index in [9.17, 15) is 5.11 Å². The van der Waals surface area contributed by atoms with Gasteiger partial charge in [-0.3, -0.25) is 4.90 Å². The van der Waals surface area contributed by atoms with E-state index in [0.717, 1.165) is 18.8 Å². The topological polar surface area (TPSA) is 23.5 Å². The van der Waals surface area contributed by atoms with Crippen LogP contribution in [0.4, 0.5) is 0 Å². The number of aliphatic hydroxyl groups is 1. The van der Waals surface area contributed by atoms with Gasteiger partial charge in [-0.05, 0) is 32.2 Å². The Labute approximate surface area is 107 Å². The maximum absolute atomic E-state index is 10.2. The van der Waals surface area contributed by atoms with Crippen LogP contribution in [0.25, 0.3) is 0 Å². The summed E-state index contributed by atoms with van der Waals surface area (Å²) >= 11 is 0. The van der Waals surface area contributed by atoms with Crippen LogP contribution < -0.4 is 0 Å². The van der Waals surface area contributed by atoms with E-state index in [1.54, 1.807) is 0 Å². The Balaban J connectivity index is 2.60. The van der Waals surface area contributed by atoms with Crippen molar-refractivity contribution in [3.8, 4) is 0 Å². The molecule has 102 valence electrons. The van der Waals surface area contributed by atoms with Gasteiger partial charge in [-0.25, -0.2) is 0 Å². The van der Waals surface area contributed by atoms with Crippen LogP contribution in [-0.4, -0.2) is 29.3 Å². The Morgan fingerprint density at radius 3 is 2.35 bits per heavy atom. The Morgan fingerprint density at radius 2 is 1.76 bits per heavy atom. The summed E-state index contributed by atoms with van der Waals surface area (Å²) in [6, 6.07) is 0.599. The van der Waals surface area contributed by atoms with Gasteiger partial charge >= 0.3 is 0 Å². The Morgan fingerprint density at radius 1 is 1.12 bits per heavy atom. The second-order valence-electron chi connectivity index (χ2n) is 5.66. The molecule has 0 aromatic rings. The lowest BCUT2D eigenvalue weighted by Gasteiger charge is -2.38. The summed E-state index contributed by atoms with van der Waals surface area (Å²) in [6.07, 6.45) is 11.1. The van der Waals surface area contributed by atoms with E-state index in [1.807, 2.05) is 0 Å². The molecule has 0 heterocycles. The molecule has 0 aliphatic heterocycles. The van der Waals surface area contributed by atoms with E-state index in [4.69, 9.17) is 0 Å². The lowest BCUT2D eigenvalue weighted by atomic mass is 9.84. The Bertz CT molecular complexity index is 195. The van der Waals surface area contributed by atoms with E-state index in [-0.39, 0.29) is 6.23 Å². The third kappa shape index (κ3) is 4.59. The van der Waals surface area contributed by atoms with Crippen LogP contribution in [0.5, 0.6) is 0 Å². The zero-order chi connectivity index (χ0) is 12.7. The summed E-state index contributed by atoms with van der Waals surface area (Å²) in [4.78, 5) is 2.25. The summed E-state index contributed by atoms with van der Waals surface area (Å²) < 4.78 is 0. The van der Waals surface area contributed by atoms with Crippen molar-refractivity contribution in [1.82, 2.24) is 4.90 Å². The lowest BCUT2D eigenvalue weighted by molar-refractivity contribution is -0.0343. The van der Waals surface area contributed by atoms with Crippen LogP contribution in [0.2, 0.25) is 0 Å². The Kier molecular flexibility index (Phi) is 7.14. The molecule has 1 aliphatic rings. The first kappa shape index (κ1) is 15.0. The molecular weight excluding hydrogens is 210 g/mol. The molecule has 3 unspecified atom stereocenters. The minimum absolute atomic E-state index is 0.238. The fraction of sp³-hybridized carbons (Fsp3) is 1.00. The van der Waals surface area contributed by atoms with Crippen molar-refractivity contribution >= 4 is 0 Å². The molecule has 1 saturated carbocycles. The number of hydrogen-bond donors (Lipinski definition) is 1. The summed E-state index contributed by atoms with van der Waals surface area (Å²) in [5.41, 5.74) is 0. The van der Waals surface area contributed by atoms with Crippen LogP contribution in [0, 0.1) is 5.92 Å². The maximum atomic E-state index is 10.2. The highest BCUT2D eigenvalue weighted by molar-refractivity contribution is 4.80. The smallest absolute Gasteiger partial charge is 0.107 e. The predicted octanol–water partition coefficient (Wildman–Crippen LogP) is 3.79. The molecule has 0 aromatic heterocycles. The van der Waals surface area contributed by atoms with Gasteiger partial charge in [0.25, 0.3) is 0 Å². The van der Waals surface area contributed by atoms with Gasteiger partial charge in [0.15, 0.2) is 0 Å². The van der Waals surface area contributed by atoms with E-state index >= 15 is 0 Å². The van der Waals surface area contributed by atoms with Crippen molar-refractivity contribution in [3.05, 3.63) is 0 Å². The SMILES string of the molecule is CCCC(O)N(C)C1CCCCCCC1CC. The van der Waals surface area contributed by atoms with Crippen molar-refractivity contribution in [2.24, 2.45) is 5.92 Å². The molecular formula is C15H31NO. The molecule has 1 N–H and O–H groups in total. The van der Waals surface area contributed by atoms with Gasteiger partial charge in [0.05, 0.1) is 0 Å². The average molecular weight is 241 g/mol. The second-order valence-corrected chi connectivity index (χ2v) is 5.66. The predicted molar refractivity (Wildman–Crippen MR) is 73.9 cm³/mol. The van der Waals surface area contributed by atoms with Crippen molar-refractivity contribution in [1.29, 1.82) is 0 Å². The normalized spacial score (nSPS) is 28.8. The average Bonchev–Trinajstić information content (AvgIpc) is 2.28. The molecule has 0 saturated heterocycles. The molecule has 1 fully saturated rings. The summed E-state index contributed by atoms with van der Waals surface area (Å²) in [6.45, 7) is 4.45. The van der Waals surface area contributed by atoms with Crippen molar-refractivity contribution in [3.63, 3.8) is 0 Å². The van der Waals surface area contributed by atoms with Gasteiger partial charge in [-0.2, -0.15) is 0 Å². The molecule has 1 aliphatic carbocycles. The number of aliphatic hydroxyl groups excluding tert-OH is 1. The van der Waals surface area contributed by atoms with Gasteiger partial charge in [0.1, 0.15) is 6.23 Å². The van der Waals surface area contributed by atoms with Crippen LogP contribution in [0.3, 0.4) is 0 Å². The van der Waals surface area contributed by atoms with Crippen LogP contribution >= 0.6 is 0 Å². The Hall–Kier alpha value is -0.0800. The first-order chi connectivity index (χ1) is 8.20. The first-order valence-electron chi connectivity index (χ1n) is 7.60. The maximum Gasteiger partial charge on any atom is 0.107 e. The van der Waals surface area contributed by atoms with Crippen molar-refractivity contribution < 1.29 is 5.11 Å². The molecule has 0 aromatic carbocycles. The third-order valence-corrected chi connectivity index (χ3v) is 4.43. The molecule has 1 rings (SSSR count). The zero-order valence-corrected chi connectivity index (χ0v) is 12.0. The van der Waals surface area contributed by atoms with Gasteiger partial charge in [-0.15, -0.1) is 0 Å². The third-order valence-electron chi connectivity index (χ3n) is 4.43. The molecule has 2 nitrogen and oxygen atoms in total. The minimum atomic E-state index is -0.238. The summed E-state index contributed by atoms with van der Waals surface area (Å²) in [7, 11) is 2.12. The molecule has 2 heteroatoms. The number of rotatable bonds is 5. The standard InChI is InChI=1S/C15H31NO/c1-4-10-15(17)16(3)14-12-9-7-6-8-11-13(14)5-2/h13-15,17H,4-12H2,1-3H3. The highest BCUT2D eigenvalue weighted by Crippen LogP contribution is 2.29. The van der Waals surface area contributed by atoms with Crippen LogP contribution in [-0.2, 0) is 0 Å². The number of nitrogens with zero attached hydrogens (tertiary/aromatic N) is 1. The van der Waals surface area contributed by atoms with Crippen LogP contribution in [0.1, 0.15) is 71.6 Å². The summed E-state index contributed by atoms with van der Waals surface area (Å²) in [5.74, 6) is 0.784. The molecule has 3 atom stereocenters. The van der Waals surface area contributed by atoms with E-state index < -0.39 is 0 Å². The first-order valence-corrected chi connectivity index (χ1v) is 7.60. The highest BCUT2D eigenvalue weighted by atomic mass is 16.3. The molecule has 0 radical (unpaired) electrons. The minimum Gasteiger partial charge on any atom is -0.378 e. The number of hydrogen-bond acceptors (Lipinski definition) is 2. The molecule has 0 bridgehead atoms.